The molecule has 1 heterocycles. The number of thioether (sulfide) groups is 1. The highest BCUT2D eigenvalue weighted by Crippen LogP contribution is 2.37. The zero-order valence-electron chi connectivity index (χ0n) is 9.17. The van der Waals surface area contributed by atoms with Crippen LogP contribution in [0.25, 0.3) is 0 Å². The molecule has 16 heavy (non-hydrogen) atoms. The zero-order valence-corrected chi connectivity index (χ0v) is 11.6. The standard InChI is InChI=1S/C12H15BrFNS/c1-15-12(11-3-2-6-16-11)9-7-8(13)4-5-10(9)14/h4-5,7,11-12,15H,2-3,6H2,1H3. The molecule has 1 aromatic rings. The Morgan fingerprint density at radius 2 is 2.38 bits per heavy atom. The van der Waals surface area contributed by atoms with Crippen LogP contribution in [0.1, 0.15) is 24.4 Å². The van der Waals surface area contributed by atoms with Crippen molar-refractivity contribution >= 4 is 27.7 Å². The first kappa shape index (κ1) is 12.4. The molecule has 0 amide bonds. The van der Waals surface area contributed by atoms with Crippen molar-refractivity contribution in [3.8, 4) is 0 Å². The fourth-order valence-electron chi connectivity index (χ4n) is 2.16. The summed E-state index contributed by atoms with van der Waals surface area (Å²) in [5.74, 6) is 1.08. The van der Waals surface area contributed by atoms with Crippen molar-refractivity contribution in [3.63, 3.8) is 0 Å². The van der Waals surface area contributed by atoms with Gasteiger partial charge in [0.05, 0.1) is 0 Å². The van der Waals surface area contributed by atoms with Gasteiger partial charge < -0.3 is 5.32 Å². The van der Waals surface area contributed by atoms with E-state index in [1.54, 1.807) is 6.07 Å². The van der Waals surface area contributed by atoms with Gasteiger partial charge in [-0.25, -0.2) is 4.39 Å². The molecule has 1 nitrogen and oxygen atoms in total. The monoisotopic (exact) mass is 303 g/mol. The molecule has 0 saturated carbocycles. The van der Waals surface area contributed by atoms with Gasteiger partial charge in [-0.3, -0.25) is 0 Å². The summed E-state index contributed by atoms with van der Waals surface area (Å²) in [6.07, 6.45) is 2.41. The Morgan fingerprint density at radius 1 is 1.56 bits per heavy atom. The maximum Gasteiger partial charge on any atom is 0.128 e. The van der Waals surface area contributed by atoms with Crippen molar-refractivity contribution < 1.29 is 4.39 Å². The zero-order chi connectivity index (χ0) is 11.5. The molecule has 1 aromatic carbocycles. The van der Waals surface area contributed by atoms with Gasteiger partial charge >= 0.3 is 0 Å². The van der Waals surface area contributed by atoms with E-state index < -0.39 is 0 Å². The molecule has 2 unspecified atom stereocenters. The molecule has 4 heteroatoms. The lowest BCUT2D eigenvalue weighted by Gasteiger charge is -2.23. The van der Waals surface area contributed by atoms with Crippen molar-refractivity contribution in [2.75, 3.05) is 12.8 Å². The molecule has 0 aliphatic carbocycles. The third kappa shape index (κ3) is 2.60. The minimum absolute atomic E-state index is 0.116. The topological polar surface area (TPSA) is 12.0 Å². The van der Waals surface area contributed by atoms with E-state index in [1.165, 1.54) is 24.7 Å². The van der Waals surface area contributed by atoms with Crippen LogP contribution < -0.4 is 5.32 Å². The van der Waals surface area contributed by atoms with Crippen molar-refractivity contribution in [2.24, 2.45) is 0 Å². The number of hydrogen-bond donors (Lipinski definition) is 1. The van der Waals surface area contributed by atoms with Crippen LogP contribution in [0.5, 0.6) is 0 Å². The first-order valence-electron chi connectivity index (χ1n) is 5.46. The van der Waals surface area contributed by atoms with E-state index in [0.29, 0.717) is 5.25 Å². The first-order chi connectivity index (χ1) is 7.72. The molecule has 1 aliphatic rings. The van der Waals surface area contributed by atoms with E-state index in [4.69, 9.17) is 0 Å². The lowest BCUT2D eigenvalue weighted by molar-refractivity contribution is 0.511. The molecule has 1 fully saturated rings. The van der Waals surface area contributed by atoms with Crippen LogP contribution in [0.4, 0.5) is 4.39 Å². The summed E-state index contributed by atoms with van der Waals surface area (Å²) in [7, 11) is 1.91. The van der Waals surface area contributed by atoms with E-state index in [-0.39, 0.29) is 11.9 Å². The van der Waals surface area contributed by atoms with Crippen LogP contribution >= 0.6 is 27.7 Å². The number of nitrogens with one attached hydrogen (secondary N) is 1. The van der Waals surface area contributed by atoms with Crippen LogP contribution in [0, 0.1) is 5.82 Å². The quantitative estimate of drug-likeness (QED) is 0.913. The Balaban J connectivity index is 2.28. The summed E-state index contributed by atoms with van der Waals surface area (Å²) in [4.78, 5) is 0. The van der Waals surface area contributed by atoms with Crippen molar-refractivity contribution in [3.05, 3.63) is 34.1 Å². The van der Waals surface area contributed by atoms with Crippen LogP contribution in [-0.4, -0.2) is 18.1 Å². The molecule has 0 radical (unpaired) electrons. The number of halogens is 2. The molecule has 2 rings (SSSR count). The minimum Gasteiger partial charge on any atom is -0.312 e. The summed E-state index contributed by atoms with van der Waals surface area (Å²) in [6, 6.07) is 5.27. The molecular weight excluding hydrogens is 289 g/mol. The summed E-state index contributed by atoms with van der Waals surface area (Å²) in [5.41, 5.74) is 0.774. The van der Waals surface area contributed by atoms with E-state index in [1.807, 2.05) is 24.9 Å². The average Bonchev–Trinajstić information content (AvgIpc) is 2.78. The fraction of sp³-hybridized carbons (Fsp3) is 0.500. The number of benzene rings is 1. The maximum atomic E-state index is 13.8. The summed E-state index contributed by atoms with van der Waals surface area (Å²) in [5, 5.41) is 3.74. The highest BCUT2D eigenvalue weighted by Gasteiger charge is 2.27. The molecule has 0 bridgehead atoms. The number of rotatable bonds is 3. The lowest BCUT2D eigenvalue weighted by atomic mass is 10.0. The van der Waals surface area contributed by atoms with E-state index in [2.05, 4.69) is 21.2 Å². The Bertz CT molecular complexity index is 366. The molecule has 0 aromatic heterocycles. The van der Waals surface area contributed by atoms with Crippen molar-refractivity contribution in [2.45, 2.75) is 24.1 Å². The molecular formula is C12H15BrFNS. The Kier molecular flexibility index (Phi) is 4.27. The third-order valence-corrected chi connectivity index (χ3v) is 4.89. The van der Waals surface area contributed by atoms with Crippen LogP contribution in [0.3, 0.4) is 0 Å². The van der Waals surface area contributed by atoms with Gasteiger partial charge in [0, 0.05) is 21.3 Å². The lowest BCUT2D eigenvalue weighted by Crippen LogP contribution is -2.26. The molecule has 1 saturated heterocycles. The second-order valence-electron chi connectivity index (χ2n) is 3.98. The second-order valence-corrected chi connectivity index (χ2v) is 6.25. The Labute approximate surface area is 108 Å². The van der Waals surface area contributed by atoms with E-state index >= 15 is 0 Å². The SMILES string of the molecule is CNC(c1cc(Br)ccc1F)C1CCCS1. The summed E-state index contributed by atoms with van der Waals surface area (Å²) < 4.78 is 14.7. The smallest absolute Gasteiger partial charge is 0.128 e. The minimum atomic E-state index is -0.116. The predicted molar refractivity (Wildman–Crippen MR) is 71.4 cm³/mol. The van der Waals surface area contributed by atoms with Gasteiger partial charge in [0.1, 0.15) is 5.82 Å². The van der Waals surface area contributed by atoms with Gasteiger partial charge in [0.2, 0.25) is 0 Å². The normalized spacial score (nSPS) is 22.3. The van der Waals surface area contributed by atoms with Crippen molar-refractivity contribution in [1.29, 1.82) is 0 Å². The molecule has 88 valence electrons. The fourth-order valence-corrected chi connectivity index (χ4v) is 3.98. The average molecular weight is 304 g/mol. The van der Waals surface area contributed by atoms with Gasteiger partial charge in [-0.15, -0.1) is 0 Å². The summed E-state index contributed by atoms with van der Waals surface area (Å²) in [6.45, 7) is 0. The van der Waals surface area contributed by atoms with Gasteiger partial charge in [-0.05, 0) is 43.8 Å². The Morgan fingerprint density at radius 3 is 3.00 bits per heavy atom. The highest BCUT2D eigenvalue weighted by atomic mass is 79.9. The predicted octanol–water partition coefficient (Wildman–Crippen LogP) is 3.74. The molecule has 1 N–H and O–H groups in total. The van der Waals surface area contributed by atoms with E-state index in [0.717, 1.165) is 10.0 Å². The molecule has 2 atom stereocenters. The third-order valence-electron chi connectivity index (χ3n) is 2.94. The Hall–Kier alpha value is -0.0600. The van der Waals surface area contributed by atoms with Gasteiger partial charge in [0.15, 0.2) is 0 Å². The van der Waals surface area contributed by atoms with Gasteiger partial charge in [-0.2, -0.15) is 11.8 Å². The van der Waals surface area contributed by atoms with Crippen molar-refractivity contribution in [1.82, 2.24) is 5.32 Å². The van der Waals surface area contributed by atoms with E-state index in [9.17, 15) is 4.39 Å². The van der Waals surface area contributed by atoms with Gasteiger partial charge in [-0.1, -0.05) is 15.9 Å². The van der Waals surface area contributed by atoms with Gasteiger partial charge in [0.25, 0.3) is 0 Å². The van der Waals surface area contributed by atoms with Crippen LogP contribution in [0.15, 0.2) is 22.7 Å². The molecule has 0 spiro atoms. The largest absolute Gasteiger partial charge is 0.312 e. The molecule has 1 aliphatic heterocycles. The number of hydrogen-bond acceptors (Lipinski definition) is 2. The maximum absolute atomic E-state index is 13.8. The second kappa shape index (κ2) is 5.52. The van der Waals surface area contributed by atoms with Crippen LogP contribution in [-0.2, 0) is 0 Å². The summed E-state index contributed by atoms with van der Waals surface area (Å²) >= 11 is 5.34. The highest BCUT2D eigenvalue weighted by molar-refractivity contribution is 9.10. The first-order valence-corrected chi connectivity index (χ1v) is 7.30. The van der Waals surface area contributed by atoms with Crippen LogP contribution in [0.2, 0.25) is 0 Å².